The van der Waals surface area contributed by atoms with Crippen LogP contribution in [0.4, 0.5) is 0 Å². The minimum absolute atomic E-state index is 0. The maximum absolute atomic E-state index is 10.6. The van der Waals surface area contributed by atoms with E-state index in [9.17, 15) is 13.2 Å². The summed E-state index contributed by atoms with van der Waals surface area (Å²) in [6, 6.07) is 2.46. The van der Waals surface area contributed by atoms with Crippen molar-refractivity contribution in [1.82, 2.24) is 0 Å². The van der Waals surface area contributed by atoms with Crippen LogP contribution < -0.4 is 0 Å². The summed E-state index contributed by atoms with van der Waals surface area (Å²) in [5, 5.41) is 17.5. The fourth-order valence-corrected chi connectivity index (χ4v) is 4.04. The second kappa shape index (κ2) is 18.6. The van der Waals surface area contributed by atoms with Gasteiger partial charge in [0.2, 0.25) is 0 Å². The molecule has 11 heteroatoms. The molecule has 0 atom stereocenters. The minimum Gasteiger partial charge on any atom is -0.870 e. The van der Waals surface area contributed by atoms with Gasteiger partial charge < -0.3 is 30.1 Å². The van der Waals surface area contributed by atoms with Gasteiger partial charge in [-0.05, 0) is 73.6 Å². The molecule has 10 nitrogen and oxygen atoms in total. The lowest BCUT2D eigenvalue weighted by atomic mass is 10.2. The average molecular weight is 513 g/mol. The number of aromatic carboxylic acids is 1. The molecule has 0 spiro atoms. The maximum Gasteiger partial charge on any atom is 0.339 e. The third-order valence-corrected chi connectivity index (χ3v) is 7.71. The Labute approximate surface area is 206 Å². The molecule has 1 aromatic rings. The Bertz CT molecular complexity index is 722. The van der Waals surface area contributed by atoms with Crippen molar-refractivity contribution in [2.75, 3.05) is 52.4 Å². The van der Waals surface area contributed by atoms with Crippen molar-refractivity contribution < 1.29 is 47.9 Å². The minimum atomic E-state index is -4.45. The zero-order valence-electron chi connectivity index (χ0n) is 22.2. The number of nitrogens with zero attached hydrogens (tertiary/aromatic N) is 2. The van der Waals surface area contributed by atoms with E-state index in [1.807, 2.05) is 0 Å². The van der Waals surface area contributed by atoms with Gasteiger partial charge in [0.05, 0.1) is 57.3 Å². The molecule has 0 fully saturated rings. The largest absolute Gasteiger partial charge is 0.870 e. The first-order valence-corrected chi connectivity index (χ1v) is 13.0. The molecule has 0 radical (unpaired) electrons. The van der Waals surface area contributed by atoms with E-state index in [1.165, 1.54) is 61.3 Å². The van der Waals surface area contributed by atoms with Gasteiger partial charge in [-0.15, -0.1) is 0 Å². The lowest BCUT2D eigenvalue weighted by Gasteiger charge is -2.34. The first-order valence-electron chi connectivity index (χ1n) is 11.5. The molecule has 0 aliphatic carbocycles. The lowest BCUT2D eigenvalue weighted by Crippen LogP contribution is -2.47. The number of rotatable bonds is 10. The fraction of sp³-hybridized carbons (Fsp3) is 0.696. The number of carboxylic acids is 1. The highest BCUT2D eigenvalue weighted by Crippen LogP contribution is 2.20. The van der Waals surface area contributed by atoms with Crippen LogP contribution in [0, 0.1) is 0 Å². The summed E-state index contributed by atoms with van der Waals surface area (Å²) in [6.07, 6.45) is 0. The van der Waals surface area contributed by atoms with Gasteiger partial charge in [0, 0.05) is 0 Å². The molecule has 5 N–H and O–H groups in total. The lowest BCUT2D eigenvalue weighted by molar-refractivity contribution is -0.921. The van der Waals surface area contributed by atoms with Crippen molar-refractivity contribution in [1.29, 1.82) is 0 Å². The standard InChI is InChI=1S/2C8H20N.C7H6O6S.2H2O/c2*1-5-9(6-2,7-3)8-4;8-6-2-1-4(14(11,12)13)3-5(6)7(9)10;;/h2*5-8H2,1-4H3;1-3,8H,(H,9,10)(H,11,12,13);2*1H2/q2*+1;;;/p-2. The number of carbonyl (C=O) groups is 1. The third-order valence-electron chi connectivity index (χ3n) is 6.86. The van der Waals surface area contributed by atoms with Crippen molar-refractivity contribution in [2.24, 2.45) is 0 Å². The van der Waals surface area contributed by atoms with Crippen LogP contribution in [0.1, 0.15) is 65.7 Å². The Morgan fingerprint density at radius 1 is 0.735 bits per heavy atom. The molecule has 1 rings (SSSR count). The van der Waals surface area contributed by atoms with Crippen LogP contribution in [0.3, 0.4) is 0 Å². The van der Waals surface area contributed by atoms with Crippen LogP contribution in [0.2, 0.25) is 0 Å². The molecule has 0 saturated carbocycles. The monoisotopic (exact) mass is 512 g/mol. The molecule has 0 aromatic heterocycles. The van der Waals surface area contributed by atoms with Gasteiger partial charge in [-0.3, -0.25) is 4.55 Å². The van der Waals surface area contributed by atoms with E-state index >= 15 is 0 Å². The maximum atomic E-state index is 10.6. The average Bonchev–Trinajstić information content (AvgIpc) is 2.78. The number of aromatic hydroxyl groups is 1. The molecule has 0 saturated heterocycles. The van der Waals surface area contributed by atoms with E-state index in [0.29, 0.717) is 6.07 Å². The van der Waals surface area contributed by atoms with E-state index in [0.717, 1.165) is 12.1 Å². The number of hydrogen-bond acceptors (Lipinski definition) is 6. The van der Waals surface area contributed by atoms with Crippen LogP contribution in [0.15, 0.2) is 23.1 Å². The van der Waals surface area contributed by atoms with Crippen molar-refractivity contribution >= 4 is 16.1 Å². The first kappa shape index (κ1) is 39.5. The molecule has 34 heavy (non-hydrogen) atoms. The summed E-state index contributed by atoms with van der Waals surface area (Å²) >= 11 is 0. The summed E-state index contributed by atoms with van der Waals surface area (Å²) in [4.78, 5) is 9.89. The Hall–Kier alpha value is -1.76. The second-order valence-corrected chi connectivity index (χ2v) is 9.09. The van der Waals surface area contributed by atoms with Gasteiger partial charge in [-0.25, -0.2) is 4.79 Å². The smallest absolute Gasteiger partial charge is 0.339 e. The number of hydrogen-bond donors (Lipinski definition) is 3. The van der Waals surface area contributed by atoms with Gasteiger partial charge in [-0.1, -0.05) is 0 Å². The third kappa shape index (κ3) is 12.6. The van der Waals surface area contributed by atoms with E-state index in [2.05, 4.69) is 55.4 Å². The van der Waals surface area contributed by atoms with Gasteiger partial charge in [-0.2, -0.15) is 8.42 Å². The predicted octanol–water partition coefficient (Wildman–Crippen LogP) is 3.75. The van der Waals surface area contributed by atoms with Crippen molar-refractivity contribution in [3.05, 3.63) is 23.8 Å². The molecule has 0 aliphatic heterocycles. The molecule has 0 amide bonds. The highest BCUT2D eigenvalue weighted by Gasteiger charge is 2.17. The van der Waals surface area contributed by atoms with E-state index in [4.69, 9.17) is 14.8 Å². The van der Waals surface area contributed by atoms with Gasteiger partial charge in [0.1, 0.15) is 11.3 Å². The van der Waals surface area contributed by atoms with Crippen LogP contribution >= 0.6 is 0 Å². The Morgan fingerprint density at radius 3 is 1.21 bits per heavy atom. The summed E-state index contributed by atoms with van der Waals surface area (Å²) in [6.45, 7) is 28.4. The number of quaternary nitrogens is 2. The molecule has 0 heterocycles. The van der Waals surface area contributed by atoms with Crippen LogP contribution in [-0.2, 0) is 10.1 Å². The molecule has 204 valence electrons. The first-order chi connectivity index (χ1) is 14.8. The van der Waals surface area contributed by atoms with Gasteiger partial charge in [0.15, 0.2) is 0 Å². The molecular weight excluding hydrogens is 464 g/mol. The van der Waals surface area contributed by atoms with Crippen LogP contribution in [0.5, 0.6) is 5.75 Å². The Kier molecular flexibility index (Phi) is 21.5. The van der Waals surface area contributed by atoms with Gasteiger partial charge in [0.25, 0.3) is 10.1 Å². The molecule has 1 aromatic carbocycles. The Balaban J connectivity index is -0.000000201. The normalized spacial score (nSPS) is 11.0. The molecule has 0 bridgehead atoms. The summed E-state index contributed by atoms with van der Waals surface area (Å²) < 4.78 is 32.3. The molecular formula is C23H48N2O8S. The van der Waals surface area contributed by atoms with Crippen LogP contribution in [-0.4, -0.2) is 101 Å². The number of benzene rings is 1. The topological polar surface area (TPSA) is 172 Å². The highest BCUT2D eigenvalue weighted by molar-refractivity contribution is 7.85. The van der Waals surface area contributed by atoms with E-state index < -0.39 is 32.3 Å². The molecule has 0 unspecified atom stereocenters. The zero-order chi connectivity index (χ0) is 25.6. The Morgan fingerprint density at radius 2 is 1.03 bits per heavy atom. The summed E-state index contributed by atoms with van der Waals surface area (Å²) in [7, 11) is -4.45. The van der Waals surface area contributed by atoms with E-state index in [1.54, 1.807) is 0 Å². The SMILES string of the molecule is CC[N+](CC)(CC)CC.CC[N+](CC)(CC)CC.O=C(O)c1cc(S(=O)(=O)O)ccc1O.[OH-].[OH-]. The number of carboxylic acid groups (broad SMARTS) is 1. The summed E-state index contributed by atoms with van der Waals surface area (Å²) in [5.74, 6) is -2.04. The number of phenols is 1. The van der Waals surface area contributed by atoms with Crippen molar-refractivity contribution in [3.8, 4) is 5.75 Å². The van der Waals surface area contributed by atoms with E-state index in [-0.39, 0.29) is 11.0 Å². The fourth-order valence-electron chi connectivity index (χ4n) is 3.53. The quantitative estimate of drug-likeness (QED) is 0.314. The van der Waals surface area contributed by atoms with Crippen molar-refractivity contribution in [3.63, 3.8) is 0 Å². The zero-order valence-corrected chi connectivity index (χ0v) is 23.0. The van der Waals surface area contributed by atoms with Gasteiger partial charge >= 0.3 is 5.97 Å². The summed E-state index contributed by atoms with van der Waals surface area (Å²) in [5.41, 5.74) is -0.583. The molecule has 0 aliphatic rings. The highest BCUT2D eigenvalue weighted by atomic mass is 32.2. The second-order valence-electron chi connectivity index (χ2n) is 7.67. The van der Waals surface area contributed by atoms with Crippen molar-refractivity contribution in [2.45, 2.75) is 60.3 Å². The predicted molar refractivity (Wildman–Crippen MR) is 134 cm³/mol. The van der Waals surface area contributed by atoms with Crippen LogP contribution in [0.25, 0.3) is 0 Å².